The summed E-state index contributed by atoms with van der Waals surface area (Å²) in [6, 6.07) is 17.2. The first kappa shape index (κ1) is 23.6. The molecule has 2 aromatic carbocycles. The van der Waals surface area contributed by atoms with Gasteiger partial charge in [-0.1, -0.05) is 36.8 Å². The summed E-state index contributed by atoms with van der Waals surface area (Å²) in [6.07, 6.45) is 5.77. The van der Waals surface area contributed by atoms with Gasteiger partial charge in [0.15, 0.2) is 17.3 Å². The molecule has 2 aromatic heterocycles. The molecule has 0 bridgehead atoms. The van der Waals surface area contributed by atoms with Crippen LogP contribution in [0, 0.1) is 11.3 Å². The van der Waals surface area contributed by atoms with Crippen LogP contribution in [0.15, 0.2) is 53.3 Å². The molecule has 5 rings (SSSR count). The van der Waals surface area contributed by atoms with Crippen LogP contribution in [-0.4, -0.2) is 33.6 Å². The molecule has 0 saturated carbocycles. The van der Waals surface area contributed by atoms with Gasteiger partial charge in [0.2, 0.25) is 0 Å². The molecule has 0 atom stereocenters. The Morgan fingerprint density at radius 3 is 2.64 bits per heavy atom. The van der Waals surface area contributed by atoms with Crippen molar-refractivity contribution in [1.82, 2.24) is 19.3 Å². The number of benzene rings is 2. The maximum Gasteiger partial charge on any atom is 0.273 e. The van der Waals surface area contributed by atoms with Gasteiger partial charge in [0.1, 0.15) is 22.1 Å². The van der Waals surface area contributed by atoms with Crippen LogP contribution in [0.2, 0.25) is 0 Å². The third-order valence-electron chi connectivity index (χ3n) is 6.22. The first-order chi connectivity index (χ1) is 17.7. The number of fused-ring (bicyclic) bond motifs is 1. The number of thiazole rings is 1. The Hall–Kier alpha value is -4.16. The molecule has 1 aliphatic heterocycles. The molecular formula is C27H25N5O3S. The second-order valence-electron chi connectivity index (χ2n) is 8.36. The zero-order valence-electron chi connectivity index (χ0n) is 20.1. The van der Waals surface area contributed by atoms with Crippen LogP contribution >= 0.6 is 11.3 Å². The minimum absolute atomic E-state index is 0.227. The zero-order chi connectivity index (χ0) is 25.1. The molecule has 0 spiro atoms. The van der Waals surface area contributed by atoms with E-state index >= 15 is 0 Å². The van der Waals surface area contributed by atoms with Crippen molar-refractivity contribution in [3.8, 4) is 23.3 Å². The molecule has 0 unspecified atom stereocenters. The Labute approximate surface area is 212 Å². The predicted octanol–water partition coefficient (Wildman–Crippen LogP) is 2.79. The fraction of sp³-hybridized carbons (Fsp3) is 0.259. The molecule has 4 aromatic rings. The molecule has 0 fully saturated rings. The maximum absolute atomic E-state index is 13.8. The lowest BCUT2D eigenvalue weighted by Crippen LogP contribution is -2.31. The van der Waals surface area contributed by atoms with Crippen LogP contribution in [0.3, 0.4) is 0 Å². The first-order valence-electron chi connectivity index (χ1n) is 11.7. The van der Waals surface area contributed by atoms with Crippen LogP contribution in [0.1, 0.15) is 36.5 Å². The monoisotopic (exact) mass is 499 g/mol. The quantitative estimate of drug-likeness (QED) is 0.419. The van der Waals surface area contributed by atoms with E-state index in [4.69, 9.17) is 9.47 Å². The highest BCUT2D eigenvalue weighted by molar-refractivity contribution is 7.07. The Bertz CT molecular complexity index is 1630. The number of ether oxygens (including phenoxy) is 2. The van der Waals surface area contributed by atoms with Crippen molar-refractivity contribution in [1.29, 1.82) is 5.26 Å². The number of hydrogen-bond acceptors (Lipinski definition) is 7. The molecule has 0 radical (unpaired) electrons. The largest absolute Gasteiger partial charge is 0.493 e. The Kier molecular flexibility index (Phi) is 6.69. The SMILES string of the molecule is COc1cccc(C=c2sc(=C(C#N)c3nnc4n3CCCCC4)n(-c3ccccc3)c2=O)c1OC. The van der Waals surface area contributed by atoms with Gasteiger partial charge in [0.05, 0.1) is 24.4 Å². The molecule has 9 heteroatoms. The van der Waals surface area contributed by atoms with Gasteiger partial charge < -0.3 is 14.0 Å². The Morgan fingerprint density at radius 1 is 1.06 bits per heavy atom. The molecule has 8 nitrogen and oxygen atoms in total. The number of hydrogen-bond donors (Lipinski definition) is 0. The molecule has 3 heterocycles. The van der Waals surface area contributed by atoms with Crippen LogP contribution in [0.25, 0.3) is 17.3 Å². The molecule has 36 heavy (non-hydrogen) atoms. The number of aryl methyl sites for hydroxylation is 1. The summed E-state index contributed by atoms with van der Waals surface area (Å²) >= 11 is 1.25. The van der Waals surface area contributed by atoms with Gasteiger partial charge in [-0.2, -0.15) is 5.26 Å². The number of nitrogens with zero attached hydrogens (tertiary/aromatic N) is 5. The highest BCUT2D eigenvalue weighted by Gasteiger charge is 2.21. The highest BCUT2D eigenvalue weighted by Crippen LogP contribution is 2.31. The summed E-state index contributed by atoms with van der Waals surface area (Å²) in [7, 11) is 3.14. The molecule has 0 aliphatic carbocycles. The topological polar surface area (TPSA) is 95.0 Å². The second kappa shape index (κ2) is 10.2. The number of aromatic nitrogens is 4. The van der Waals surface area contributed by atoms with E-state index in [1.54, 1.807) is 30.9 Å². The van der Waals surface area contributed by atoms with Gasteiger partial charge in [-0.05, 0) is 37.1 Å². The summed E-state index contributed by atoms with van der Waals surface area (Å²) in [5.74, 6) is 2.49. The average molecular weight is 500 g/mol. The Morgan fingerprint density at radius 2 is 1.89 bits per heavy atom. The molecule has 0 amide bonds. The summed E-state index contributed by atoms with van der Waals surface area (Å²) in [5.41, 5.74) is 1.49. The van der Waals surface area contributed by atoms with Gasteiger partial charge in [-0.25, -0.2) is 0 Å². The summed E-state index contributed by atoms with van der Waals surface area (Å²) in [6.45, 7) is 0.754. The number of para-hydroxylation sites is 2. The smallest absolute Gasteiger partial charge is 0.273 e. The van der Waals surface area contributed by atoms with Crippen molar-refractivity contribution in [2.75, 3.05) is 14.2 Å². The first-order valence-corrected chi connectivity index (χ1v) is 12.5. The van der Waals surface area contributed by atoms with Crippen molar-refractivity contribution in [3.63, 3.8) is 0 Å². The van der Waals surface area contributed by atoms with Gasteiger partial charge >= 0.3 is 0 Å². The van der Waals surface area contributed by atoms with Crippen molar-refractivity contribution in [2.45, 2.75) is 32.2 Å². The van der Waals surface area contributed by atoms with Crippen LogP contribution in [0.4, 0.5) is 0 Å². The van der Waals surface area contributed by atoms with E-state index in [0.717, 1.165) is 38.1 Å². The summed E-state index contributed by atoms with van der Waals surface area (Å²) in [4.78, 5) is 13.8. The zero-order valence-corrected chi connectivity index (χ0v) is 20.9. The highest BCUT2D eigenvalue weighted by atomic mass is 32.1. The number of rotatable bonds is 5. The Balaban J connectivity index is 1.84. The summed E-state index contributed by atoms with van der Waals surface area (Å²) < 4.78 is 15.6. The van der Waals surface area contributed by atoms with Crippen molar-refractivity contribution >= 4 is 23.0 Å². The van der Waals surface area contributed by atoms with E-state index in [2.05, 4.69) is 16.3 Å². The minimum Gasteiger partial charge on any atom is -0.493 e. The van der Waals surface area contributed by atoms with E-state index in [1.165, 1.54) is 11.3 Å². The molecular weight excluding hydrogens is 474 g/mol. The minimum atomic E-state index is -0.227. The van der Waals surface area contributed by atoms with Gasteiger partial charge in [0.25, 0.3) is 5.56 Å². The van der Waals surface area contributed by atoms with Crippen LogP contribution in [-0.2, 0) is 13.0 Å². The molecule has 1 aliphatic rings. The fourth-order valence-electron chi connectivity index (χ4n) is 4.49. The summed E-state index contributed by atoms with van der Waals surface area (Å²) in [5, 5.41) is 19.1. The van der Waals surface area contributed by atoms with Gasteiger partial charge in [0, 0.05) is 18.5 Å². The van der Waals surface area contributed by atoms with E-state index in [9.17, 15) is 10.1 Å². The van der Waals surface area contributed by atoms with Crippen molar-refractivity contribution < 1.29 is 9.47 Å². The maximum atomic E-state index is 13.8. The van der Waals surface area contributed by atoms with E-state index < -0.39 is 0 Å². The third-order valence-corrected chi connectivity index (χ3v) is 7.31. The van der Waals surface area contributed by atoms with Crippen molar-refractivity contribution in [3.05, 3.63) is 85.3 Å². The van der Waals surface area contributed by atoms with Gasteiger partial charge in [-0.3, -0.25) is 9.36 Å². The van der Waals surface area contributed by atoms with E-state index in [-0.39, 0.29) is 5.56 Å². The van der Waals surface area contributed by atoms with Crippen molar-refractivity contribution in [2.24, 2.45) is 0 Å². The molecule has 0 saturated heterocycles. The molecule has 182 valence electrons. The average Bonchev–Trinajstić information content (AvgIpc) is 3.35. The normalized spacial score (nSPS) is 14.5. The number of nitriles is 1. The second-order valence-corrected chi connectivity index (χ2v) is 9.39. The lowest BCUT2D eigenvalue weighted by Gasteiger charge is -2.09. The van der Waals surface area contributed by atoms with Crippen LogP contribution < -0.4 is 24.2 Å². The lowest BCUT2D eigenvalue weighted by molar-refractivity contribution is 0.354. The number of methoxy groups -OCH3 is 2. The van der Waals surface area contributed by atoms with Gasteiger partial charge in [-0.15, -0.1) is 21.5 Å². The predicted molar refractivity (Wildman–Crippen MR) is 138 cm³/mol. The third kappa shape index (κ3) is 4.20. The molecule has 0 N–H and O–H groups in total. The fourth-order valence-corrected chi connectivity index (χ4v) is 5.58. The lowest BCUT2D eigenvalue weighted by atomic mass is 10.2. The standard InChI is InChI=1S/C27H25N5O3S/c1-34-21-13-9-10-18(24(21)35-2)16-22-26(33)32(19-11-5-3-6-12-19)27(36-22)20(17-28)25-30-29-23-14-7-4-8-15-31(23)25/h3,5-6,9-13,16H,4,7-8,14-15H2,1-2H3. The van der Waals surface area contributed by atoms with Crippen LogP contribution in [0.5, 0.6) is 11.5 Å². The van der Waals surface area contributed by atoms with E-state index in [0.29, 0.717) is 43.3 Å². The van der Waals surface area contributed by atoms with E-state index in [1.807, 2.05) is 47.0 Å².